The Kier molecular flexibility index (Phi) is 1.95. The predicted octanol–water partition coefficient (Wildman–Crippen LogP) is 2.89. The standard InChI is InChI=1S/C12H13FO/c1-12(2)7-10(13)11(14)8-5-3-4-6-9(8)12/h3-6,10H,7H2,1-2H3. The fourth-order valence-corrected chi connectivity index (χ4v) is 2.11. The SMILES string of the molecule is CC1(C)CC(F)C(=O)c2ccccc21. The van der Waals surface area contributed by atoms with E-state index in [9.17, 15) is 9.18 Å². The fourth-order valence-electron chi connectivity index (χ4n) is 2.11. The van der Waals surface area contributed by atoms with Crippen LogP contribution in [0.4, 0.5) is 4.39 Å². The number of carbonyl (C=O) groups excluding carboxylic acids is 1. The molecule has 1 nitrogen and oxygen atoms in total. The van der Waals surface area contributed by atoms with Crippen LogP contribution in [-0.4, -0.2) is 12.0 Å². The molecular weight excluding hydrogens is 179 g/mol. The minimum atomic E-state index is -1.33. The number of carbonyl (C=O) groups is 1. The molecule has 1 aromatic carbocycles. The second kappa shape index (κ2) is 2.91. The number of rotatable bonds is 0. The highest BCUT2D eigenvalue weighted by Gasteiger charge is 2.37. The lowest BCUT2D eigenvalue weighted by Gasteiger charge is -2.33. The molecule has 1 atom stereocenters. The van der Waals surface area contributed by atoms with Gasteiger partial charge in [0.2, 0.25) is 0 Å². The molecule has 1 aliphatic carbocycles. The maximum atomic E-state index is 13.4. The van der Waals surface area contributed by atoms with E-state index in [2.05, 4.69) is 0 Å². The second-order valence-electron chi connectivity index (χ2n) is 4.47. The van der Waals surface area contributed by atoms with Crippen molar-refractivity contribution in [2.24, 2.45) is 0 Å². The van der Waals surface area contributed by atoms with Gasteiger partial charge in [-0.1, -0.05) is 38.1 Å². The molecule has 1 aromatic rings. The summed E-state index contributed by atoms with van der Waals surface area (Å²) in [4.78, 5) is 11.5. The van der Waals surface area contributed by atoms with Gasteiger partial charge in [-0.3, -0.25) is 4.79 Å². The normalized spacial score (nSPS) is 24.5. The van der Waals surface area contributed by atoms with E-state index in [4.69, 9.17) is 0 Å². The van der Waals surface area contributed by atoms with Crippen molar-refractivity contribution in [3.05, 3.63) is 35.4 Å². The zero-order valence-corrected chi connectivity index (χ0v) is 8.38. The van der Waals surface area contributed by atoms with Gasteiger partial charge in [0.15, 0.2) is 12.0 Å². The first-order valence-electron chi connectivity index (χ1n) is 4.80. The molecule has 0 aliphatic heterocycles. The van der Waals surface area contributed by atoms with Gasteiger partial charge in [-0.15, -0.1) is 0 Å². The van der Waals surface area contributed by atoms with Crippen molar-refractivity contribution >= 4 is 5.78 Å². The summed E-state index contributed by atoms with van der Waals surface area (Å²) in [6, 6.07) is 7.31. The molecule has 74 valence electrons. The van der Waals surface area contributed by atoms with Gasteiger partial charge in [0, 0.05) is 5.56 Å². The molecule has 0 saturated carbocycles. The average molecular weight is 192 g/mol. The van der Waals surface area contributed by atoms with Crippen molar-refractivity contribution in [3.63, 3.8) is 0 Å². The highest BCUT2D eigenvalue weighted by molar-refractivity contribution is 6.02. The monoisotopic (exact) mass is 192 g/mol. The third-order valence-electron chi connectivity index (χ3n) is 2.90. The Bertz CT molecular complexity index is 382. The number of hydrogen-bond acceptors (Lipinski definition) is 1. The van der Waals surface area contributed by atoms with E-state index in [0.717, 1.165) is 5.56 Å². The van der Waals surface area contributed by atoms with E-state index in [1.165, 1.54) is 0 Å². The van der Waals surface area contributed by atoms with Crippen LogP contribution in [0.5, 0.6) is 0 Å². The van der Waals surface area contributed by atoms with E-state index in [1.54, 1.807) is 12.1 Å². The van der Waals surface area contributed by atoms with Crippen LogP contribution in [0.1, 0.15) is 36.2 Å². The molecule has 1 unspecified atom stereocenters. The number of hydrogen-bond donors (Lipinski definition) is 0. The summed E-state index contributed by atoms with van der Waals surface area (Å²) < 4.78 is 13.4. The molecule has 0 spiro atoms. The summed E-state index contributed by atoms with van der Waals surface area (Å²) in [5.41, 5.74) is 1.29. The summed E-state index contributed by atoms with van der Waals surface area (Å²) in [6.45, 7) is 3.95. The lowest BCUT2D eigenvalue weighted by Crippen LogP contribution is -2.35. The minimum absolute atomic E-state index is 0.232. The Morgan fingerprint density at radius 3 is 2.71 bits per heavy atom. The van der Waals surface area contributed by atoms with Crippen LogP contribution >= 0.6 is 0 Å². The first kappa shape index (κ1) is 9.38. The molecule has 2 rings (SSSR count). The maximum Gasteiger partial charge on any atom is 0.197 e. The quantitative estimate of drug-likeness (QED) is 0.617. The van der Waals surface area contributed by atoms with E-state index in [0.29, 0.717) is 12.0 Å². The summed E-state index contributed by atoms with van der Waals surface area (Å²) in [5, 5.41) is 0. The first-order valence-corrected chi connectivity index (χ1v) is 4.80. The third-order valence-corrected chi connectivity index (χ3v) is 2.90. The van der Waals surface area contributed by atoms with Crippen molar-refractivity contribution in [3.8, 4) is 0 Å². The molecular formula is C12H13FO. The van der Waals surface area contributed by atoms with Crippen LogP contribution in [0.2, 0.25) is 0 Å². The lowest BCUT2D eigenvalue weighted by atomic mass is 9.71. The highest BCUT2D eigenvalue weighted by Crippen LogP contribution is 2.37. The molecule has 1 aliphatic rings. The Morgan fingerprint density at radius 1 is 1.36 bits per heavy atom. The summed E-state index contributed by atoms with van der Waals surface area (Å²) >= 11 is 0. The van der Waals surface area contributed by atoms with Gasteiger partial charge in [0.05, 0.1) is 0 Å². The van der Waals surface area contributed by atoms with Crippen molar-refractivity contribution in [2.75, 3.05) is 0 Å². The van der Waals surface area contributed by atoms with Crippen LogP contribution in [0.3, 0.4) is 0 Å². The zero-order valence-electron chi connectivity index (χ0n) is 8.38. The van der Waals surface area contributed by atoms with Gasteiger partial charge >= 0.3 is 0 Å². The molecule has 2 heteroatoms. The number of benzene rings is 1. The number of halogens is 1. The molecule has 0 saturated heterocycles. The van der Waals surface area contributed by atoms with Crippen molar-refractivity contribution in [2.45, 2.75) is 31.9 Å². The first-order chi connectivity index (χ1) is 6.52. The van der Waals surface area contributed by atoms with Crippen LogP contribution in [0.25, 0.3) is 0 Å². The molecule has 0 aromatic heterocycles. The Balaban J connectivity index is 2.62. The number of ketones is 1. The molecule has 0 heterocycles. The molecule has 0 bridgehead atoms. The van der Waals surface area contributed by atoms with Crippen LogP contribution < -0.4 is 0 Å². The topological polar surface area (TPSA) is 17.1 Å². The van der Waals surface area contributed by atoms with E-state index in [-0.39, 0.29) is 11.2 Å². The van der Waals surface area contributed by atoms with E-state index >= 15 is 0 Å². The van der Waals surface area contributed by atoms with Gasteiger partial charge in [-0.05, 0) is 17.4 Å². The van der Waals surface area contributed by atoms with Crippen LogP contribution in [0, 0.1) is 0 Å². The van der Waals surface area contributed by atoms with Crippen molar-refractivity contribution < 1.29 is 9.18 Å². The van der Waals surface area contributed by atoms with Gasteiger partial charge in [-0.2, -0.15) is 0 Å². The van der Waals surface area contributed by atoms with Crippen molar-refractivity contribution in [1.29, 1.82) is 0 Å². The zero-order chi connectivity index (χ0) is 10.3. The number of fused-ring (bicyclic) bond motifs is 1. The maximum absolute atomic E-state index is 13.4. The van der Waals surface area contributed by atoms with Crippen LogP contribution in [-0.2, 0) is 5.41 Å². The van der Waals surface area contributed by atoms with Gasteiger partial charge in [0.1, 0.15) is 0 Å². The Morgan fingerprint density at radius 2 is 2.00 bits per heavy atom. The molecule has 0 fully saturated rings. The van der Waals surface area contributed by atoms with Gasteiger partial charge in [0.25, 0.3) is 0 Å². The highest BCUT2D eigenvalue weighted by atomic mass is 19.1. The summed E-state index contributed by atoms with van der Waals surface area (Å²) in [5.74, 6) is -0.361. The largest absolute Gasteiger partial charge is 0.291 e. The number of alkyl halides is 1. The second-order valence-corrected chi connectivity index (χ2v) is 4.47. The van der Waals surface area contributed by atoms with Gasteiger partial charge < -0.3 is 0 Å². The summed E-state index contributed by atoms with van der Waals surface area (Å²) in [7, 11) is 0. The molecule has 14 heavy (non-hydrogen) atoms. The molecule has 0 N–H and O–H groups in total. The van der Waals surface area contributed by atoms with E-state index in [1.807, 2.05) is 26.0 Å². The average Bonchev–Trinajstić information content (AvgIpc) is 2.14. The Labute approximate surface area is 82.9 Å². The Hall–Kier alpha value is -1.18. The minimum Gasteiger partial charge on any atom is -0.291 e. The predicted molar refractivity (Wildman–Crippen MR) is 53.3 cm³/mol. The van der Waals surface area contributed by atoms with Crippen molar-refractivity contribution in [1.82, 2.24) is 0 Å². The smallest absolute Gasteiger partial charge is 0.197 e. The lowest BCUT2D eigenvalue weighted by molar-refractivity contribution is 0.0820. The van der Waals surface area contributed by atoms with Gasteiger partial charge in [-0.25, -0.2) is 4.39 Å². The number of Topliss-reactive ketones (excluding diaryl/α,β-unsaturated/α-hetero) is 1. The van der Waals surface area contributed by atoms with E-state index < -0.39 is 6.17 Å². The third kappa shape index (κ3) is 1.26. The molecule has 0 radical (unpaired) electrons. The molecule has 0 amide bonds. The summed E-state index contributed by atoms with van der Waals surface area (Å²) in [6.07, 6.45) is -1.04. The fraction of sp³-hybridized carbons (Fsp3) is 0.417. The van der Waals surface area contributed by atoms with Crippen LogP contribution in [0.15, 0.2) is 24.3 Å².